The Balaban J connectivity index is 1.47. The Morgan fingerprint density at radius 1 is 1.07 bits per heavy atom. The van der Waals surface area contributed by atoms with Crippen molar-refractivity contribution in [3.8, 4) is 0 Å². The Hall–Kier alpha value is -2.34. The lowest BCUT2D eigenvalue weighted by Crippen LogP contribution is -2.36. The van der Waals surface area contributed by atoms with Gasteiger partial charge in [-0.05, 0) is 48.2 Å². The second-order valence-electron chi connectivity index (χ2n) is 7.48. The molecule has 0 bridgehead atoms. The molecule has 1 heterocycles. The van der Waals surface area contributed by atoms with Gasteiger partial charge in [0.2, 0.25) is 5.91 Å². The number of halogens is 1. The lowest BCUT2D eigenvalue weighted by atomic mass is 9.84. The number of carbonyl (C=O) groups is 1. The normalized spacial score (nSPS) is 11.7. The Morgan fingerprint density at radius 3 is 2.52 bits per heavy atom. The molecule has 0 radical (unpaired) electrons. The fraction of sp³-hybridized carbons (Fsp3) is 0.333. The predicted molar refractivity (Wildman–Crippen MR) is 112 cm³/mol. The number of aryl methyl sites for hydroxylation is 1. The van der Waals surface area contributed by atoms with E-state index >= 15 is 0 Å². The van der Waals surface area contributed by atoms with Gasteiger partial charge < -0.3 is 15.3 Å². The molecule has 2 aromatic carbocycles. The first-order valence-corrected chi connectivity index (χ1v) is 9.86. The molecule has 3 rings (SSSR count). The van der Waals surface area contributed by atoms with Crippen molar-refractivity contribution in [3.63, 3.8) is 0 Å². The van der Waals surface area contributed by atoms with Crippen molar-refractivity contribution in [1.82, 2.24) is 15.3 Å². The van der Waals surface area contributed by atoms with Crippen LogP contribution in [0.5, 0.6) is 0 Å². The number of imidazole rings is 1. The van der Waals surface area contributed by atoms with Gasteiger partial charge in [-0.2, -0.15) is 0 Å². The van der Waals surface area contributed by atoms with Crippen molar-refractivity contribution in [2.45, 2.75) is 38.5 Å². The summed E-state index contributed by atoms with van der Waals surface area (Å²) in [7, 11) is 0. The van der Waals surface area contributed by atoms with E-state index in [2.05, 4.69) is 57.2 Å². The zero-order chi connectivity index (χ0) is 19.4. The highest BCUT2D eigenvalue weighted by Gasteiger charge is 2.21. The van der Waals surface area contributed by atoms with Crippen molar-refractivity contribution in [3.05, 3.63) is 68.5 Å². The maximum absolute atomic E-state index is 12.2. The molecule has 0 aliphatic rings. The molecule has 142 valence electrons. The minimum Gasteiger partial charge on any atom is -0.355 e. The van der Waals surface area contributed by atoms with Gasteiger partial charge in [0.15, 0.2) is 0 Å². The van der Waals surface area contributed by atoms with Crippen molar-refractivity contribution < 1.29 is 4.79 Å². The molecule has 0 atom stereocenters. The zero-order valence-corrected chi connectivity index (χ0v) is 17.2. The van der Waals surface area contributed by atoms with Crippen molar-refractivity contribution >= 4 is 32.9 Å². The average molecular weight is 430 g/mol. The highest BCUT2D eigenvalue weighted by molar-refractivity contribution is 9.10. The van der Waals surface area contributed by atoms with Crippen LogP contribution in [0.25, 0.3) is 11.0 Å². The maximum Gasteiger partial charge on any atom is 0.323 e. The van der Waals surface area contributed by atoms with E-state index in [9.17, 15) is 9.59 Å². The Kier molecular flexibility index (Phi) is 5.85. The molecule has 27 heavy (non-hydrogen) atoms. The fourth-order valence-electron chi connectivity index (χ4n) is 3.10. The molecular formula is C21H24BrN3O2. The number of aromatic amines is 2. The monoisotopic (exact) mass is 429 g/mol. The third-order valence-corrected chi connectivity index (χ3v) is 5.33. The van der Waals surface area contributed by atoms with E-state index in [1.807, 2.05) is 30.3 Å². The topological polar surface area (TPSA) is 77.8 Å². The molecule has 0 unspecified atom stereocenters. The van der Waals surface area contributed by atoms with E-state index in [-0.39, 0.29) is 17.0 Å². The van der Waals surface area contributed by atoms with E-state index in [4.69, 9.17) is 0 Å². The second-order valence-corrected chi connectivity index (χ2v) is 8.40. The number of hydrogen-bond acceptors (Lipinski definition) is 2. The summed E-state index contributed by atoms with van der Waals surface area (Å²) in [6, 6.07) is 14.0. The van der Waals surface area contributed by atoms with Crippen LogP contribution in [0.15, 0.2) is 51.7 Å². The van der Waals surface area contributed by atoms with Gasteiger partial charge >= 0.3 is 5.69 Å². The minimum absolute atomic E-state index is 0.0660. The van der Waals surface area contributed by atoms with Crippen LogP contribution in [0.4, 0.5) is 0 Å². The molecule has 0 spiro atoms. The molecule has 1 aromatic heterocycles. The number of benzene rings is 2. The number of carbonyl (C=O) groups excluding carboxylic acids is 1. The molecule has 3 aromatic rings. The largest absolute Gasteiger partial charge is 0.355 e. The quantitative estimate of drug-likeness (QED) is 0.529. The van der Waals surface area contributed by atoms with Crippen LogP contribution in [0.2, 0.25) is 0 Å². The highest BCUT2D eigenvalue weighted by atomic mass is 79.9. The molecule has 1 amide bonds. The van der Waals surface area contributed by atoms with Crippen LogP contribution in [0.1, 0.15) is 37.8 Å². The Morgan fingerprint density at radius 2 is 1.78 bits per heavy atom. The summed E-state index contributed by atoms with van der Waals surface area (Å²) >= 11 is 3.45. The van der Waals surface area contributed by atoms with Crippen molar-refractivity contribution in [2.75, 3.05) is 6.54 Å². The van der Waals surface area contributed by atoms with Gasteiger partial charge in [-0.15, -0.1) is 0 Å². The van der Waals surface area contributed by atoms with Crippen LogP contribution in [0, 0.1) is 0 Å². The van der Waals surface area contributed by atoms with E-state index in [0.717, 1.165) is 33.9 Å². The van der Waals surface area contributed by atoms with Gasteiger partial charge in [-0.1, -0.05) is 48.0 Å². The predicted octanol–water partition coefficient (Wildman–Crippen LogP) is 4.04. The SMILES string of the molecule is CC(C)(CNC(=O)CCCc1ccc2[nH]c(=O)[nH]c2c1)c1ccc(Br)cc1. The first-order chi connectivity index (χ1) is 12.8. The molecule has 3 N–H and O–H groups in total. The first kappa shape index (κ1) is 19.4. The molecule has 0 fully saturated rings. The zero-order valence-electron chi connectivity index (χ0n) is 15.6. The fourth-order valence-corrected chi connectivity index (χ4v) is 3.36. The Labute approximate surface area is 166 Å². The highest BCUT2D eigenvalue weighted by Crippen LogP contribution is 2.24. The van der Waals surface area contributed by atoms with Gasteiger partial charge in [-0.3, -0.25) is 4.79 Å². The van der Waals surface area contributed by atoms with Crippen molar-refractivity contribution in [1.29, 1.82) is 0 Å². The number of nitrogens with one attached hydrogen (secondary N) is 3. The number of amides is 1. The van der Waals surface area contributed by atoms with E-state index in [1.165, 1.54) is 5.56 Å². The summed E-state index contributed by atoms with van der Waals surface area (Å²) in [5, 5.41) is 3.05. The number of aromatic nitrogens is 2. The third-order valence-electron chi connectivity index (χ3n) is 4.80. The third kappa shape index (κ3) is 5.10. The molecule has 0 aliphatic carbocycles. The number of H-pyrrole nitrogens is 2. The standard InChI is InChI=1S/C21H24BrN3O2/c1-21(2,15-7-9-16(22)10-8-15)13-23-19(26)5-3-4-14-6-11-17-18(12-14)25-20(27)24-17/h6-12H,3-5,13H2,1-2H3,(H,23,26)(H2,24,25,27). The summed E-state index contributed by atoms with van der Waals surface area (Å²) in [5.74, 6) is 0.0660. The summed E-state index contributed by atoms with van der Waals surface area (Å²) in [4.78, 5) is 29.0. The molecule has 5 nitrogen and oxygen atoms in total. The lowest BCUT2D eigenvalue weighted by molar-refractivity contribution is -0.121. The van der Waals surface area contributed by atoms with Gasteiger partial charge in [-0.25, -0.2) is 4.79 Å². The van der Waals surface area contributed by atoms with Crippen LogP contribution < -0.4 is 11.0 Å². The molecular weight excluding hydrogens is 406 g/mol. The van der Waals surface area contributed by atoms with Gasteiger partial charge in [0.05, 0.1) is 11.0 Å². The van der Waals surface area contributed by atoms with Crippen LogP contribution in [0.3, 0.4) is 0 Å². The van der Waals surface area contributed by atoms with Gasteiger partial charge in [0.1, 0.15) is 0 Å². The number of rotatable bonds is 7. The summed E-state index contributed by atoms with van der Waals surface area (Å²) in [5.41, 5.74) is 3.59. The van der Waals surface area contributed by atoms with Crippen LogP contribution in [-0.2, 0) is 16.6 Å². The smallest absolute Gasteiger partial charge is 0.323 e. The van der Waals surface area contributed by atoms with E-state index in [0.29, 0.717) is 13.0 Å². The first-order valence-electron chi connectivity index (χ1n) is 9.07. The van der Waals surface area contributed by atoms with Gasteiger partial charge in [0.25, 0.3) is 0 Å². The van der Waals surface area contributed by atoms with Crippen molar-refractivity contribution in [2.24, 2.45) is 0 Å². The molecule has 0 saturated carbocycles. The second kappa shape index (κ2) is 8.13. The average Bonchev–Trinajstić information content (AvgIpc) is 3.00. The molecule has 0 aliphatic heterocycles. The van der Waals surface area contributed by atoms with Crippen LogP contribution in [-0.4, -0.2) is 22.4 Å². The minimum atomic E-state index is -0.199. The molecule has 0 saturated heterocycles. The number of fused-ring (bicyclic) bond motifs is 1. The van der Waals surface area contributed by atoms with Crippen LogP contribution >= 0.6 is 15.9 Å². The van der Waals surface area contributed by atoms with E-state index < -0.39 is 0 Å². The summed E-state index contributed by atoms with van der Waals surface area (Å²) < 4.78 is 1.05. The van der Waals surface area contributed by atoms with Gasteiger partial charge in [0, 0.05) is 22.9 Å². The summed E-state index contributed by atoms with van der Waals surface area (Å²) in [6.07, 6.45) is 2.05. The maximum atomic E-state index is 12.2. The lowest BCUT2D eigenvalue weighted by Gasteiger charge is -2.25. The molecule has 6 heteroatoms. The Bertz CT molecular complexity index is 987. The number of hydrogen-bond donors (Lipinski definition) is 3. The van der Waals surface area contributed by atoms with E-state index in [1.54, 1.807) is 0 Å². The summed E-state index contributed by atoms with van der Waals surface area (Å²) in [6.45, 7) is 4.86.